The van der Waals surface area contributed by atoms with E-state index in [1.54, 1.807) is 23.1 Å². The average molecular weight is 372 g/mol. The van der Waals surface area contributed by atoms with Crippen LogP contribution in [0, 0.1) is 5.92 Å². The standard InChI is InChI=1S/C20H24N2O5/c1-13(23)17-18(24)15-12-14(19(25)22-8-10-26-11-9-22)2-3-16(15)27-20(17)4-6-21-7-5-20/h2-3,12,17,21H,4-11H2,1H3. The van der Waals surface area contributed by atoms with E-state index in [-0.39, 0.29) is 17.5 Å². The predicted molar refractivity (Wildman–Crippen MR) is 97.1 cm³/mol. The molecule has 2 saturated heterocycles. The van der Waals surface area contributed by atoms with Gasteiger partial charge in [0.1, 0.15) is 23.1 Å². The van der Waals surface area contributed by atoms with Gasteiger partial charge in [0, 0.05) is 31.5 Å². The number of hydrogen-bond acceptors (Lipinski definition) is 6. The summed E-state index contributed by atoms with van der Waals surface area (Å²) in [6, 6.07) is 4.98. The van der Waals surface area contributed by atoms with Crippen LogP contribution in [0.5, 0.6) is 5.75 Å². The second-order valence-electron chi connectivity index (χ2n) is 7.44. The fourth-order valence-corrected chi connectivity index (χ4v) is 4.36. The van der Waals surface area contributed by atoms with E-state index >= 15 is 0 Å². The van der Waals surface area contributed by atoms with Gasteiger partial charge in [-0.15, -0.1) is 0 Å². The second kappa shape index (κ2) is 7.05. The summed E-state index contributed by atoms with van der Waals surface area (Å²) in [6.07, 6.45) is 1.22. The molecule has 0 radical (unpaired) electrons. The zero-order valence-corrected chi connectivity index (χ0v) is 15.5. The summed E-state index contributed by atoms with van der Waals surface area (Å²) >= 11 is 0. The molecule has 27 heavy (non-hydrogen) atoms. The van der Waals surface area contributed by atoms with E-state index in [1.165, 1.54) is 6.92 Å². The molecule has 1 unspecified atom stereocenters. The minimum absolute atomic E-state index is 0.129. The number of hydrogen-bond donors (Lipinski definition) is 1. The van der Waals surface area contributed by atoms with Crippen LogP contribution in [0.25, 0.3) is 0 Å². The van der Waals surface area contributed by atoms with Gasteiger partial charge in [-0.05, 0) is 38.2 Å². The summed E-state index contributed by atoms with van der Waals surface area (Å²) < 4.78 is 11.5. The highest BCUT2D eigenvalue weighted by molar-refractivity contribution is 6.14. The number of carbonyl (C=O) groups is 3. The Labute approximate surface area is 158 Å². The van der Waals surface area contributed by atoms with Crippen molar-refractivity contribution < 1.29 is 23.9 Å². The van der Waals surface area contributed by atoms with Crippen LogP contribution >= 0.6 is 0 Å². The Morgan fingerprint density at radius 3 is 2.56 bits per heavy atom. The van der Waals surface area contributed by atoms with Gasteiger partial charge in [0.2, 0.25) is 0 Å². The molecule has 0 saturated carbocycles. The molecule has 1 aromatic rings. The Hall–Kier alpha value is -2.25. The van der Waals surface area contributed by atoms with Crippen LogP contribution in [0.3, 0.4) is 0 Å². The number of morpholine rings is 1. The first kappa shape index (κ1) is 18.1. The third kappa shape index (κ3) is 3.15. The van der Waals surface area contributed by atoms with Crippen LogP contribution < -0.4 is 10.1 Å². The number of fused-ring (bicyclic) bond motifs is 1. The molecule has 7 nitrogen and oxygen atoms in total. The number of benzene rings is 1. The highest BCUT2D eigenvalue weighted by atomic mass is 16.5. The number of ketones is 2. The summed E-state index contributed by atoms with van der Waals surface area (Å²) in [4.78, 5) is 40.0. The first-order valence-corrected chi connectivity index (χ1v) is 9.47. The molecule has 0 aromatic heterocycles. The normalized spacial score (nSPS) is 24.3. The number of piperidine rings is 1. The number of carbonyl (C=O) groups excluding carboxylic acids is 3. The zero-order chi connectivity index (χ0) is 19.0. The molecule has 0 aliphatic carbocycles. The fourth-order valence-electron chi connectivity index (χ4n) is 4.36. The molecule has 3 aliphatic rings. The first-order valence-electron chi connectivity index (χ1n) is 9.47. The van der Waals surface area contributed by atoms with E-state index in [4.69, 9.17) is 9.47 Å². The van der Waals surface area contributed by atoms with Gasteiger partial charge in [-0.25, -0.2) is 0 Å². The Kier molecular flexibility index (Phi) is 4.74. The molecule has 4 rings (SSSR count). The van der Waals surface area contributed by atoms with Gasteiger partial charge in [-0.3, -0.25) is 14.4 Å². The summed E-state index contributed by atoms with van der Waals surface area (Å²) in [7, 11) is 0. The smallest absolute Gasteiger partial charge is 0.254 e. The van der Waals surface area contributed by atoms with Crippen LogP contribution in [0.2, 0.25) is 0 Å². The van der Waals surface area contributed by atoms with Crippen LogP contribution in [0.4, 0.5) is 0 Å². The lowest BCUT2D eigenvalue weighted by Crippen LogP contribution is -2.58. The lowest BCUT2D eigenvalue weighted by atomic mass is 9.72. The van der Waals surface area contributed by atoms with Gasteiger partial charge >= 0.3 is 0 Å². The molecule has 2 fully saturated rings. The average Bonchev–Trinajstić information content (AvgIpc) is 2.68. The number of ether oxygens (including phenoxy) is 2. The number of rotatable bonds is 2. The summed E-state index contributed by atoms with van der Waals surface area (Å²) in [5.41, 5.74) is -0.00805. The number of amides is 1. The minimum atomic E-state index is -0.819. The molecule has 1 aromatic carbocycles. The van der Waals surface area contributed by atoms with Crippen molar-refractivity contribution in [2.45, 2.75) is 25.4 Å². The van der Waals surface area contributed by atoms with E-state index in [1.807, 2.05) is 0 Å². The van der Waals surface area contributed by atoms with Crippen molar-refractivity contribution in [3.8, 4) is 5.75 Å². The maximum Gasteiger partial charge on any atom is 0.254 e. The summed E-state index contributed by atoms with van der Waals surface area (Å²) in [6.45, 7) is 4.96. The van der Waals surface area contributed by atoms with Crippen molar-refractivity contribution in [1.29, 1.82) is 0 Å². The third-order valence-corrected chi connectivity index (χ3v) is 5.75. The molecular weight excluding hydrogens is 348 g/mol. The molecule has 7 heteroatoms. The Morgan fingerprint density at radius 2 is 1.89 bits per heavy atom. The Bertz CT molecular complexity index is 779. The first-order chi connectivity index (χ1) is 13.0. The quantitative estimate of drug-likeness (QED) is 0.782. The van der Waals surface area contributed by atoms with E-state index in [2.05, 4.69) is 5.32 Å². The van der Waals surface area contributed by atoms with Crippen molar-refractivity contribution >= 4 is 17.5 Å². The van der Waals surface area contributed by atoms with Crippen molar-refractivity contribution in [2.24, 2.45) is 5.92 Å². The number of Topliss-reactive ketones (excluding diaryl/α,β-unsaturated/α-hetero) is 2. The maximum atomic E-state index is 13.2. The van der Waals surface area contributed by atoms with Crippen LogP contribution in [0.1, 0.15) is 40.5 Å². The molecule has 1 atom stereocenters. The zero-order valence-electron chi connectivity index (χ0n) is 15.5. The molecule has 1 N–H and O–H groups in total. The lowest BCUT2D eigenvalue weighted by Gasteiger charge is -2.45. The molecule has 1 spiro atoms. The number of nitrogens with one attached hydrogen (secondary N) is 1. The van der Waals surface area contributed by atoms with Gasteiger partial charge in [0.15, 0.2) is 5.78 Å². The van der Waals surface area contributed by atoms with Gasteiger partial charge in [0.05, 0.1) is 18.8 Å². The van der Waals surface area contributed by atoms with Gasteiger partial charge < -0.3 is 19.7 Å². The Balaban J connectivity index is 1.68. The summed E-state index contributed by atoms with van der Waals surface area (Å²) in [5, 5.41) is 3.25. The van der Waals surface area contributed by atoms with Crippen LogP contribution in [-0.4, -0.2) is 67.4 Å². The molecular formula is C20H24N2O5. The minimum Gasteiger partial charge on any atom is -0.485 e. The van der Waals surface area contributed by atoms with E-state index in [0.717, 1.165) is 0 Å². The van der Waals surface area contributed by atoms with Crippen LogP contribution in [-0.2, 0) is 9.53 Å². The van der Waals surface area contributed by atoms with Crippen molar-refractivity contribution in [2.75, 3.05) is 39.4 Å². The van der Waals surface area contributed by atoms with E-state index in [9.17, 15) is 14.4 Å². The molecule has 3 heterocycles. The van der Waals surface area contributed by atoms with Crippen LogP contribution in [0.15, 0.2) is 18.2 Å². The van der Waals surface area contributed by atoms with Crippen molar-refractivity contribution in [1.82, 2.24) is 10.2 Å². The third-order valence-electron chi connectivity index (χ3n) is 5.75. The SMILES string of the molecule is CC(=O)C1C(=O)c2cc(C(=O)N3CCOCC3)ccc2OC12CCNCC2. The van der Waals surface area contributed by atoms with Gasteiger partial charge in [-0.1, -0.05) is 0 Å². The molecule has 144 valence electrons. The number of nitrogens with zero attached hydrogens (tertiary/aromatic N) is 1. The second-order valence-corrected chi connectivity index (χ2v) is 7.44. The van der Waals surface area contributed by atoms with E-state index < -0.39 is 11.5 Å². The predicted octanol–water partition coefficient (Wildman–Crippen LogP) is 1.06. The van der Waals surface area contributed by atoms with E-state index in [0.29, 0.717) is 69.1 Å². The van der Waals surface area contributed by atoms with Crippen molar-refractivity contribution in [3.63, 3.8) is 0 Å². The highest BCUT2D eigenvalue weighted by Crippen LogP contribution is 2.42. The monoisotopic (exact) mass is 372 g/mol. The molecule has 1 amide bonds. The molecule has 0 bridgehead atoms. The topological polar surface area (TPSA) is 84.9 Å². The van der Waals surface area contributed by atoms with Gasteiger partial charge in [0.25, 0.3) is 5.91 Å². The largest absolute Gasteiger partial charge is 0.485 e. The van der Waals surface area contributed by atoms with Crippen molar-refractivity contribution in [3.05, 3.63) is 29.3 Å². The van der Waals surface area contributed by atoms with Gasteiger partial charge in [-0.2, -0.15) is 0 Å². The maximum absolute atomic E-state index is 13.2. The summed E-state index contributed by atoms with van der Waals surface area (Å²) in [5.74, 6) is -0.895. The highest BCUT2D eigenvalue weighted by Gasteiger charge is 2.52. The Morgan fingerprint density at radius 1 is 1.19 bits per heavy atom. The lowest BCUT2D eigenvalue weighted by molar-refractivity contribution is -0.127. The molecule has 3 aliphatic heterocycles. The fraction of sp³-hybridized carbons (Fsp3) is 0.550.